The number of allylic oxidation sites excluding steroid dienone is 20. The van der Waals surface area contributed by atoms with E-state index in [0.717, 1.165) is 148 Å². The SMILES string of the molecule is CC/C=C\C/C=C\C/C=C\C/C=C\CCCCCCCCCCCCCCCCCCCCCCC(=O)OCC(COC(=O)CCCCC/C=C\C/C=C\C/C=C\CC)OC(=O)CCCCCCC/C=C\C/C=C\C/C=C\CC. The normalized spacial score (nSPS) is 12.9. The number of unbranched alkanes of at least 4 members (excludes halogenated alkanes) is 28. The van der Waals surface area contributed by atoms with E-state index in [2.05, 4.69) is 142 Å². The molecule has 0 bridgehead atoms. The zero-order chi connectivity index (χ0) is 57.1. The zero-order valence-corrected chi connectivity index (χ0v) is 51.6. The molecule has 0 N–H and O–H groups in total. The highest BCUT2D eigenvalue weighted by atomic mass is 16.6. The second kappa shape index (κ2) is 66.3. The lowest BCUT2D eigenvalue weighted by molar-refractivity contribution is -0.167. The van der Waals surface area contributed by atoms with Gasteiger partial charge in [-0.2, -0.15) is 0 Å². The van der Waals surface area contributed by atoms with E-state index < -0.39 is 6.10 Å². The second-order valence-electron chi connectivity index (χ2n) is 21.6. The molecule has 6 heteroatoms. The van der Waals surface area contributed by atoms with Gasteiger partial charge in [0.1, 0.15) is 13.2 Å². The maximum Gasteiger partial charge on any atom is 0.306 e. The molecular weight excluding hydrogens is 973 g/mol. The van der Waals surface area contributed by atoms with Crippen molar-refractivity contribution < 1.29 is 28.6 Å². The minimum atomic E-state index is -0.801. The molecule has 0 rings (SSSR count). The van der Waals surface area contributed by atoms with Crippen LogP contribution >= 0.6 is 0 Å². The van der Waals surface area contributed by atoms with Crippen LogP contribution in [0.3, 0.4) is 0 Å². The number of rotatable bonds is 59. The van der Waals surface area contributed by atoms with Crippen molar-refractivity contribution in [1.82, 2.24) is 0 Å². The van der Waals surface area contributed by atoms with E-state index in [9.17, 15) is 14.4 Å². The minimum Gasteiger partial charge on any atom is -0.462 e. The van der Waals surface area contributed by atoms with Crippen LogP contribution in [0.4, 0.5) is 0 Å². The van der Waals surface area contributed by atoms with Crippen molar-refractivity contribution in [3.63, 3.8) is 0 Å². The largest absolute Gasteiger partial charge is 0.462 e. The van der Waals surface area contributed by atoms with Gasteiger partial charge in [-0.05, 0) is 122 Å². The first-order chi connectivity index (χ1) is 39.0. The molecule has 0 aromatic carbocycles. The Bertz CT molecular complexity index is 1640. The first-order valence-corrected chi connectivity index (χ1v) is 33.0. The van der Waals surface area contributed by atoms with Crippen molar-refractivity contribution in [2.24, 2.45) is 0 Å². The van der Waals surface area contributed by atoms with Gasteiger partial charge in [-0.3, -0.25) is 14.4 Å². The summed E-state index contributed by atoms with van der Waals surface area (Å²) in [7, 11) is 0. The monoisotopic (exact) mass is 1090 g/mol. The molecule has 1 unspecified atom stereocenters. The molecule has 0 aromatic rings. The summed E-state index contributed by atoms with van der Waals surface area (Å²) in [6.07, 6.45) is 92.4. The molecule has 1 atom stereocenters. The van der Waals surface area contributed by atoms with Crippen molar-refractivity contribution in [2.45, 2.75) is 309 Å². The number of hydrogen-bond acceptors (Lipinski definition) is 6. The molecule has 0 amide bonds. The summed E-state index contributed by atoms with van der Waals surface area (Å²) in [6, 6.07) is 0. The van der Waals surface area contributed by atoms with E-state index in [0.29, 0.717) is 19.3 Å². The summed E-state index contributed by atoms with van der Waals surface area (Å²) >= 11 is 0. The van der Waals surface area contributed by atoms with Gasteiger partial charge in [-0.1, -0.05) is 284 Å². The zero-order valence-electron chi connectivity index (χ0n) is 51.6. The van der Waals surface area contributed by atoms with Crippen molar-refractivity contribution >= 4 is 17.9 Å². The molecule has 0 saturated heterocycles. The molecule has 0 aromatic heterocycles. The van der Waals surface area contributed by atoms with Crippen molar-refractivity contribution in [3.05, 3.63) is 122 Å². The average molecular weight is 1100 g/mol. The Hall–Kier alpha value is -4.19. The van der Waals surface area contributed by atoms with Crippen molar-refractivity contribution in [2.75, 3.05) is 13.2 Å². The number of ether oxygens (including phenoxy) is 3. The van der Waals surface area contributed by atoms with Crippen LogP contribution in [0.2, 0.25) is 0 Å². The van der Waals surface area contributed by atoms with E-state index in [-0.39, 0.29) is 31.1 Å². The third kappa shape index (κ3) is 64.5. The Labute approximate surface area is 488 Å². The maximum atomic E-state index is 12.9. The predicted molar refractivity (Wildman–Crippen MR) is 343 cm³/mol. The van der Waals surface area contributed by atoms with Crippen LogP contribution in [0.15, 0.2) is 122 Å². The molecule has 6 nitrogen and oxygen atoms in total. The Morgan fingerprint density at radius 3 is 0.722 bits per heavy atom. The third-order valence-electron chi connectivity index (χ3n) is 13.9. The van der Waals surface area contributed by atoms with Crippen LogP contribution in [-0.4, -0.2) is 37.2 Å². The highest BCUT2D eigenvalue weighted by Crippen LogP contribution is 2.17. The smallest absolute Gasteiger partial charge is 0.306 e. The van der Waals surface area contributed by atoms with Gasteiger partial charge in [0.2, 0.25) is 0 Å². The Balaban J connectivity index is 4.16. The maximum absolute atomic E-state index is 12.9. The summed E-state index contributed by atoms with van der Waals surface area (Å²) < 4.78 is 16.9. The summed E-state index contributed by atoms with van der Waals surface area (Å²) in [6.45, 7) is 6.28. The van der Waals surface area contributed by atoms with Gasteiger partial charge in [-0.25, -0.2) is 0 Å². The molecule has 0 heterocycles. The van der Waals surface area contributed by atoms with Gasteiger partial charge >= 0.3 is 17.9 Å². The molecule has 0 aliphatic carbocycles. The first kappa shape index (κ1) is 74.8. The summed E-state index contributed by atoms with van der Waals surface area (Å²) in [5.74, 6) is -0.935. The van der Waals surface area contributed by atoms with Crippen LogP contribution in [0.1, 0.15) is 303 Å². The number of carbonyl (C=O) groups excluding carboxylic acids is 3. The van der Waals surface area contributed by atoms with Gasteiger partial charge in [0, 0.05) is 19.3 Å². The lowest BCUT2D eigenvalue weighted by Crippen LogP contribution is -2.30. The van der Waals surface area contributed by atoms with Gasteiger partial charge < -0.3 is 14.2 Å². The highest BCUT2D eigenvalue weighted by molar-refractivity contribution is 5.71. The molecule has 79 heavy (non-hydrogen) atoms. The minimum absolute atomic E-state index is 0.0939. The third-order valence-corrected chi connectivity index (χ3v) is 13.9. The first-order valence-electron chi connectivity index (χ1n) is 33.0. The lowest BCUT2D eigenvalue weighted by atomic mass is 10.0. The van der Waals surface area contributed by atoms with Crippen LogP contribution in [0.25, 0.3) is 0 Å². The fraction of sp³-hybridized carbons (Fsp3) is 0.685. The standard InChI is InChI=1S/C73H122O6/c1-4-7-10-13-16-19-22-25-27-28-29-30-31-32-33-34-35-36-37-38-39-40-41-42-43-44-46-48-51-54-57-60-63-66-72(75)78-69-70(68-77-71(74)65-62-59-56-53-50-47-24-21-18-15-12-9-6-3)79-73(76)67-64-61-58-55-52-49-45-26-23-20-17-14-11-8-5-2/h7-12,16-21,25-27,29-30,45,47,50,70H,4-6,13-15,22-24,28,31-44,46,48-49,51-69H2,1-3H3/b10-7-,11-8-,12-9-,19-16-,20-17-,21-18-,27-25-,30-29-,45-26-,50-47-. The van der Waals surface area contributed by atoms with Gasteiger partial charge in [0.15, 0.2) is 6.10 Å². The molecule has 0 radical (unpaired) electrons. The van der Waals surface area contributed by atoms with Crippen LogP contribution in [0.5, 0.6) is 0 Å². The molecule has 0 fully saturated rings. The molecule has 0 spiro atoms. The van der Waals surface area contributed by atoms with E-state index in [1.54, 1.807) is 0 Å². The number of carbonyl (C=O) groups is 3. The van der Waals surface area contributed by atoms with Crippen molar-refractivity contribution in [1.29, 1.82) is 0 Å². The quantitative estimate of drug-likeness (QED) is 0.0261. The van der Waals surface area contributed by atoms with Gasteiger partial charge in [-0.15, -0.1) is 0 Å². The average Bonchev–Trinajstić information content (AvgIpc) is 3.45. The van der Waals surface area contributed by atoms with Crippen LogP contribution in [0, 0.1) is 0 Å². The van der Waals surface area contributed by atoms with Crippen LogP contribution in [-0.2, 0) is 28.6 Å². The summed E-state index contributed by atoms with van der Waals surface area (Å²) in [5, 5.41) is 0. The summed E-state index contributed by atoms with van der Waals surface area (Å²) in [4.78, 5) is 38.2. The molecule has 450 valence electrons. The molecule has 0 saturated carbocycles. The lowest BCUT2D eigenvalue weighted by Gasteiger charge is -2.18. The highest BCUT2D eigenvalue weighted by Gasteiger charge is 2.19. The van der Waals surface area contributed by atoms with E-state index >= 15 is 0 Å². The Morgan fingerprint density at radius 1 is 0.253 bits per heavy atom. The predicted octanol–water partition coefficient (Wildman–Crippen LogP) is 22.8. The Morgan fingerprint density at radius 2 is 0.456 bits per heavy atom. The summed E-state index contributed by atoms with van der Waals surface area (Å²) in [5.41, 5.74) is 0. The van der Waals surface area contributed by atoms with Crippen molar-refractivity contribution in [3.8, 4) is 0 Å². The topological polar surface area (TPSA) is 78.9 Å². The van der Waals surface area contributed by atoms with Gasteiger partial charge in [0.25, 0.3) is 0 Å². The fourth-order valence-corrected chi connectivity index (χ4v) is 9.11. The second-order valence-corrected chi connectivity index (χ2v) is 21.6. The number of hydrogen-bond donors (Lipinski definition) is 0. The van der Waals surface area contributed by atoms with Gasteiger partial charge in [0.05, 0.1) is 0 Å². The molecular formula is C73H122O6. The molecule has 0 aliphatic rings. The molecule has 0 aliphatic heterocycles. The van der Waals surface area contributed by atoms with Crippen LogP contribution < -0.4 is 0 Å². The fourth-order valence-electron chi connectivity index (χ4n) is 9.11. The Kier molecular flexibility index (Phi) is 62.8. The van der Waals surface area contributed by atoms with E-state index in [4.69, 9.17) is 14.2 Å². The number of esters is 3. The van der Waals surface area contributed by atoms with E-state index in [1.807, 2.05) is 0 Å². The van der Waals surface area contributed by atoms with E-state index in [1.165, 1.54) is 116 Å².